The quantitative estimate of drug-likeness (QED) is 0.520. The molecule has 0 fully saturated rings. The molecule has 1 amide bonds. The zero-order valence-corrected chi connectivity index (χ0v) is 15.2. The number of aromatic hydroxyl groups is 1. The molecule has 6 nitrogen and oxygen atoms in total. The number of phenols is 1. The maximum Gasteiger partial charge on any atom is 0.266 e. The lowest BCUT2D eigenvalue weighted by Gasteiger charge is -2.12. The first-order chi connectivity index (χ1) is 14.1. The van der Waals surface area contributed by atoms with Crippen molar-refractivity contribution in [2.24, 2.45) is 0 Å². The van der Waals surface area contributed by atoms with Crippen LogP contribution in [0.2, 0.25) is 0 Å². The number of hydrogen-bond acceptors (Lipinski definition) is 4. The number of amides is 1. The summed E-state index contributed by atoms with van der Waals surface area (Å²) in [6.45, 7) is 0. The van der Waals surface area contributed by atoms with E-state index < -0.39 is 0 Å². The summed E-state index contributed by atoms with van der Waals surface area (Å²) in [6, 6.07) is 20.7. The summed E-state index contributed by atoms with van der Waals surface area (Å²) in [6.07, 6.45) is 1.63. The number of carbonyl (C=O) groups is 1. The monoisotopic (exact) mass is 381 g/mol. The van der Waals surface area contributed by atoms with Crippen molar-refractivity contribution in [1.29, 1.82) is 0 Å². The Bertz CT molecular complexity index is 1370. The molecule has 3 aromatic carbocycles. The molecule has 0 saturated carbocycles. The standard InChI is InChI=1S/C23H15N3O3/c27-15-11-9-14(10-12-15)26-21(24-20-8-4-2-6-17(20)23(26)29)13-18-16-5-1-3-7-19(16)25-22(18)28/h1-13,27H,(H,25,28). The largest absolute Gasteiger partial charge is 0.508 e. The number of carbonyl (C=O) groups excluding carboxylic acids is 1. The van der Waals surface area contributed by atoms with E-state index >= 15 is 0 Å². The SMILES string of the molecule is O=C1Nc2ccccc2C1=Cc1nc2ccccc2c(=O)n1-c1ccc(O)cc1. The van der Waals surface area contributed by atoms with Crippen molar-refractivity contribution >= 4 is 34.1 Å². The Morgan fingerprint density at radius 2 is 1.62 bits per heavy atom. The molecule has 0 bridgehead atoms. The molecule has 29 heavy (non-hydrogen) atoms. The Labute approximate surface area is 165 Å². The van der Waals surface area contributed by atoms with Gasteiger partial charge in [0.25, 0.3) is 11.5 Å². The molecule has 0 unspecified atom stereocenters. The molecule has 2 N–H and O–H groups in total. The van der Waals surface area contributed by atoms with Crippen molar-refractivity contribution < 1.29 is 9.90 Å². The minimum absolute atomic E-state index is 0.0968. The van der Waals surface area contributed by atoms with Crippen LogP contribution in [0.4, 0.5) is 5.69 Å². The molecule has 0 saturated heterocycles. The summed E-state index contributed by atoms with van der Waals surface area (Å²) < 4.78 is 1.45. The molecule has 0 atom stereocenters. The van der Waals surface area contributed by atoms with Crippen LogP contribution in [0.1, 0.15) is 11.4 Å². The summed E-state index contributed by atoms with van der Waals surface area (Å²) in [5.74, 6) is 0.187. The molecular formula is C23H15N3O3. The number of para-hydroxylation sites is 2. The van der Waals surface area contributed by atoms with Crippen LogP contribution in [-0.4, -0.2) is 20.6 Å². The number of hydrogen-bond donors (Lipinski definition) is 2. The molecule has 4 aromatic rings. The lowest BCUT2D eigenvalue weighted by atomic mass is 10.1. The summed E-state index contributed by atoms with van der Waals surface area (Å²) in [7, 11) is 0. The van der Waals surface area contributed by atoms with Crippen LogP contribution in [0, 0.1) is 0 Å². The van der Waals surface area contributed by atoms with Crippen LogP contribution < -0.4 is 10.9 Å². The average Bonchev–Trinajstić information content (AvgIpc) is 3.05. The zero-order chi connectivity index (χ0) is 20.0. The highest BCUT2D eigenvalue weighted by atomic mass is 16.3. The molecule has 1 aliphatic heterocycles. The highest BCUT2D eigenvalue weighted by molar-refractivity contribution is 6.34. The Balaban J connectivity index is 1.82. The first kappa shape index (κ1) is 16.9. The number of rotatable bonds is 2. The van der Waals surface area contributed by atoms with Gasteiger partial charge in [0, 0.05) is 11.3 Å². The van der Waals surface area contributed by atoms with Crippen LogP contribution in [0.5, 0.6) is 5.75 Å². The van der Waals surface area contributed by atoms with E-state index in [9.17, 15) is 14.7 Å². The summed E-state index contributed by atoms with van der Waals surface area (Å²) in [5.41, 5.74) is 2.77. The fourth-order valence-corrected chi connectivity index (χ4v) is 3.51. The highest BCUT2D eigenvalue weighted by Crippen LogP contribution is 2.32. The van der Waals surface area contributed by atoms with Gasteiger partial charge in [-0.05, 0) is 48.5 Å². The summed E-state index contributed by atoms with van der Waals surface area (Å²) >= 11 is 0. The molecule has 1 aromatic heterocycles. The molecule has 140 valence electrons. The molecular weight excluding hydrogens is 366 g/mol. The van der Waals surface area contributed by atoms with Gasteiger partial charge in [0.15, 0.2) is 0 Å². The Morgan fingerprint density at radius 3 is 2.45 bits per heavy atom. The first-order valence-corrected chi connectivity index (χ1v) is 9.05. The Hall–Kier alpha value is -4.19. The van der Waals surface area contributed by atoms with Gasteiger partial charge < -0.3 is 10.4 Å². The molecule has 1 aliphatic rings. The maximum absolute atomic E-state index is 13.3. The van der Waals surface area contributed by atoms with E-state index in [0.717, 1.165) is 11.3 Å². The van der Waals surface area contributed by atoms with Crippen molar-refractivity contribution in [3.8, 4) is 11.4 Å². The number of anilines is 1. The number of phenolic OH excluding ortho intramolecular Hbond substituents is 1. The minimum Gasteiger partial charge on any atom is -0.508 e. The number of nitrogens with one attached hydrogen (secondary N) is 1. The maximum atomic E-state index is 13.3. The lowest BCUT2D eigenvalue weighted by Crippen LogP contribution is -2.22. The number of fused-ring (bicyclic) bond motifs is 2. The van der Waals surface area contributed by atoms with Gasteiger partial charge in [-0.15, -0.1) is 0 Å². The third kappa shape index (κ3) is 2.78. The zero-order valence-electron chi connectivity index (χ0n) is 15.2. The minimum atomic E-state index is -0.250. The molecule has 2 heterocycles. The van der Waals surface area contributed by atoms with Crippen molar-refractivity contribution in [3.05, 3.63) is 94.5 Å². The van der Waals surface area contributed by atoms with Gasteiger partial charge in [-0.25, -0.2) is 4.98 Å². The van der Waals surface area contributed by atoms with Crippen LogP contribution in [0.15, 0.2) is 77.6 Å². The number of benzene rings is 3. The predicted octanol–water partition coefficient (Wildman–Crippen LogP) is 3.58. The third-order valence-electron chi connectivity index (χ3n) is 4.89. The van der Waals surface area contributed by atoms with Crippen LogP contribution in [0.3, 0.4) is 0 Å². The Kier molecular flexibility index (Phi) is 3.77. The first-order valence-electron chi connectivity index (χ1n) is 9.05. The third-order valence-corrected chi connectivity index (χ3v) is 4.89. The smallest absolute Gasteiger partial charge is 0.266 e. The van der Waals surface area contributed by atoms with Crippen LogP contribution >= 0.6 is 0 Å². The Morgan fingerprint density at radius 1 is 0.897 bits per heavy atom. The van der Waals surface area contributed by atoms with E-state index in [1.54, 1.807) is 36.4 Å². The van der Waals surface area contributed by atoms with E-state index in [0.29, 0.717) is 28.0 Å². The van der Waals surface area contributed by atoms with E-state index in [1.165, 1.54) is 16.7 Å². The van der Waals surface area contributed by atoms with Gasteiger partial charge in [-0.3, -0.25) is 14.2 Å². The fraction of sp³-hybridized carbons (Fsp3) is 0. The highest BCUT2D eigenvalue weighted by Gasteiger charge is 2.24. The van der Waals surface area contributed by atoms with Crippen molar-refractivity contribution in [1.82, 2.24) is 9.55 Å². The molecule has 0 radical (unpaired) electrons. The van der Waals surface area contributed by atoms with Gasteiger partial charge in [0.1, 0.15) is 11.6 Å². The van der Waals surface area contributed by atoms with E-state index in [-0.39, 0.29) is 17.2 Å². The normalized spacial score (nSPS) is 14.2. The molecule has 5 rings (SSSR count). The molecule has 0 aliphatic carbocycles. The second kappa shape index (κ2) is 6.45. The van der Waals surface area contributed by atoms with Crippen molar-refractivity contribution in [2.45, 2.75) is 0 Å². The van der Waals surface area contributed by atoms with Crippen LogP contribution in [0.25, 0.3) is 28.2 Å². The number of nitrogens with zero attached hydrogens (tertiary/aromatic N) is 2. The van der Waals surface area contributed by atoms with Crippen LogP contribution in [-0.2, 0) is 4.79 Å². The van der Waals surface area contributed by atoms with E-state index in [2.05, 4.69) is 10.3 Å². The van der Waals surface area contributed by atoms with Gasteiger partial charge in [-0.1, -0.05) is 30.3 Å². The van der Waals surface area contributed by atoms with E-state index in [1.807, 2.05) is 30.3 Å². The van der Waals surface area contributed by atoms with Gasteiger partial charge in [0.05, 0.1) is 22.2 Å². The molecule has 6 heteroatoms. The van der Waals surface area contributed by atoms with Crippen molar-refractivity contribution in [2.75, 3.05) is 5.32 Å². The van der Waals surface area contributed by atoms with Gasteiger partial charge >= 0.3 is 0 Å². The fourth-order valence-electron chi connectivity index (χ4n) is 3.51. The lowest BCUT2D eigenvalue weighted by molar-refractivity contribution is -0.110. The second-order valence-corrected chi connectivity index (χ2v) is 6.70. The second-order valence-electron chi connectivity index (χ2n) is 6.70. The van der Waals surface area contributed by atoms with Gasteiger partial charge in [-0.2, -0.15) is 0 Å². The predicted molar refractivity (Wildman–Crippen MR) is 112 cm³/mol. The summed E-state index contributed by atoms with van der Waals surface area (Å²) in [4.78, 5) is 30.5. The topological polar surface area (TPSA) is 84.2 Å². The average molecular weight is 381 g/mol. The molecule has 0 spiro atoms. The van der Waals surface area contributed by atoms with Gasteiger partial charge in [0.2, 0.25) is 0 Å². The number of aromatic nitrogens is 2. The summed E-state index contributed by atoms with van der Waals surface area (Å²) in [5, 5.41) is 12.9. The van der Waals surface area contributed by atoms with Crippen molar-refractivity contribution in [3.63, 3.8) is 0 Å². The van der Waals surface area contributed by atoms with E-state index in [4.69, 9.17) is 0 Å².